The van der Waals surface area contributed by atoms with Crippen molar-refractivity contribution >= 4 is 0 Å². The average Bonchev–Trinajstić information content (AvgIpc) is 2.26. The van der Waals surface area contributed by atoms with E-state index >= 15 is 0 Å². The maximum absolute atomic E-state index is 5.90. The van der Waals surface area contributed by atoms with Gasteiger partial charge in [0.05, 0.1) is 12.7 Å². The van der Waals surface area contributed by atoms with Crippen LogP contribution in [0.25, 0.3) is 0 Å². The fourth-order valence-corrected chi connectivity index (χ4v) is 2.46. The Bertz CT molecular complexity index is 183. The van der Waals surface area contributed by atoms with Crippen molar-refractivity contribution in [1.29, 1.82) is 0 Å². The lowest BCUT2D eigenvalue weighted by atomic mass is 9.98. The molecule has 96 valence electrons. The third-order valence-corrected chi connectivity index (χ3v) is 3.26. The number of likely N-dealkylation sites (N-methyl/N-ethyl adjacent to an activating group) is 1. The normalized spacial score (nSPS) is 24.9. The summed E-state index contributed by atoms with van der Waals surface area (Å²) in [5.41, 5.74) is 0. The van der Waals surface area contributed by atoms with Crippen molar-refractivity contribution in [3.8, 4) is 0 Å². The molecule has 0 aliphatic carbocycles. The molecule has 2 atom stereocenters. The van der Waals surface area contributed by atoms with Crippen LogP contribution in [0.1, 0.15) is 33.6 Å². The van der Waals surface area contributed by atoms with Crippen LogP contribution in [0.2, 0.25) is 0 Å². The van der Waals surface area contributed by atoms with E-state index in [0.29, 0.717) is 12.1 Å². The number of morpholine rings is 1. The Kier molecular flexibility index (Phi) is 6.32. The predicted octanol–water partition coefficient (Wildman–Crippen LogP) is 1.73. The van der Waals surface area contributed by atoms with Crippen molar-refractivity contribution < 1.29 is 4.74 Å². The lowest BCUT2D eigenvalue weighted by Crippen LogP contribution is -2.52. The second-order valence-corrected chi connectivity index (χ2v) is 5.23. The van der Waals surface area contributed by atoms with Gasteiger partial charge >= 0.3 is 0 Å². The Labute approximate surface area is 101 Å². The summed E-state index contributed by atoms with van der Waals surface area (Å²) in [5.74, 6) is 0.725. The molecule has 0 saturated carbocycles. The maximum atomic E-state index is 5.90. The molecule has 1 aliphatic rings. The standard InChI is InChI=1S/C13H28N2O/c1-5-6-15-7-8-16-13(10-15)12(14-4)9-11(2)3/h11-14H,5-10H2,1-4H3. The third-order valence-electron chi connectivity index (χ3n) is 3.26. The molecule has 16 heavy (non-hydrogen) atoms. The van der Waals surface area contributed by atoms with Gasteiger partial charge in [-0.1, -0.05) is 20.8 Å². The molecule has 0 aromatic rings. The molecule has 3 heteroatoms. The smallest absolute Gasteiger partial charge is 0.0855 e. The fourth-order valence-electron chi connectivity index (χ4n) is 2.46. The lowest BCUT2D eigenvalue weighted by molar-refractivity contribution is -0.0481. The number of rotatable bonds is 6. The van der Waals surface area contributed by atoms with Crippen molar-refractivity contribution in [2.24, 2.45) is 5.92 Å². The summed E-state index contributed by atoms with van der Waals surface area (Å²) in [7, 11) is 2.05. The summed E-state index contributed by atoms with van der Waals surface area (Å²) < 4.78 is 5.90. The highest BCUT2D eigenvalue weighted by Crippen LogP contribution is 2.15. The highest BCUT2D eigenvalue weighted by molar-refractivity contribution is 4.82. The van der Waals surface area contributed by atoms with Gasteiger partial charge in [0.25, 0.3) is 0 Å². The lowest BCUT2D eigenvalue weighted by Gasteiger charge is -2.37. The zero-order chi connectivity index (χ0) is 12.0. The summed E-state index contributed by atoms with van der Waals surface area (Å²) >= 11 is 0. The Morgan fingerprint density at radius 1 is 1.44 bits per heavy atom. The highest BCUT2D eigenvalue weighted by atomic mass is 16.5. The van der Waals surface area contributed by atoms with Gasteiger partial charge in [-0.15, -0.1) is 0 Å². The molecule has 1 heterocycles. The Morgan fingerprint density at radius 2 is 2.19 bits per heavy atom. The number of nitrogens with zero attached hydrogens (tertiary/aromatic N) is 1. The first kappa shape index (κ1) is 13.9. The second-order valence-electron chi connectivity index (χ2n) is 5.23. The first-order valence-corrected chi connectivity index (χ1v) is 6.68. The molecule has 3 nitrogen and oxygen atoms in total. The SMILES string of the molecule is CCCN1CCOC(C(CC(C)C)NC)C1. The molecule has 0 aromatic heterocycles. The van der Waals surface area contributed by atoms with Crippen molar-refractivity contribution in [3.05, 3.63) is 0 Å². The molecule has 0 bridgehead atoms. The van der Waals surface area contributed by atoms with E-state index in [9.17, 15) is 0 Å². The van der Waals surface area contributed by atoms with Gasteiger partial charge in [-0.3, -0.25) is 4.90 Å². The first-order chi connectivity index (χ1) is 7.67. The predicted molar refractivity (Wildman–Crippen MR) is 68.8 cm³/mol. The second kappa shape index (κ2) is 7.25. The van der Waals surface area contributed by atoms with Gasteiger partial charge in [0.1, 0.15) is 0 Å². The highest BCUT2D eigenvalue weighted by Gasteiger charge is 2.27. The molecular weight excluding hydrogens is 200 g/mol. The zero-order valence-electron chi connectivity index (χ0n) is 11.3. The largest absolute Gasteiger partial charge is 0.374 e. The minimum atomic E-state index is 0.368. The van der Waals surface area contributed by atoms with E-state index in [0.717, 1.165) is 25.6 Å². The molecule has 1 fully saturated rings. The Morgan fingerprint density at radius 3 is 2.75 bits per heavy atom. The van der Waals surface area contributed by atoms with Crippen LogP contribution < -0.4 is 5.32 Å². The number of nitrogens with one attached hydrogen (secondary N) is 1. The number of hydrogen-bond donors (Lipinski definition) is 1. The van der Waals surface area contributed by atoms with Crippen molar-refractivity contribution in [2.75, 3.05) is 33.3 Å². The van der Waals surface area contributed by atoms with Crippen LogP contribution >= 0.6 is 0 Å². The Hall–Kier alpha value is -0.120. The topological polar surface area (TPSA) is 24.5 Å². The molecular formula is C13H28N2O. The van der Waals surface area contributed by atoms with Gasteiger partial charge in [0, 0.05) is 19.1 Å². The van der Waals surface area contributed by atoms with E-state index in [-0.39, 0.29) is 0 Å². The van der Waals surface area contributed by atoms with Gasteiger partial charge < -0.3 is 10.1 Å². The van der Waals surface area contributed by atoms with E-state index in [1.165, 1.54) is 19.4 Å². The fraction of sp³-hybridized carbons (Fsp3) is 1.00. The average molecular weight is 228 g/mol. The minimum absolute atomic E-state index is 0.368. The van der Waals surface area contributed by atoms with E-state index in [1.807, 2.05) is 0 Å². The monoisotopic (exact) mass is 228 g/mol. The molecule has 1 saturated heterocycles. The molecule has 1 rings (SSSR count). The van der Waals surface area contributed by atoms with E-state index < -0.39 is 0 Å². The van der Waals surface area contributed by atoms with Gasteiger partial charge in [-0.25, -0.2) is 0 Å². The van der Waals surface area contributed by atoms with Crippen molar-refractivity contribution in [2.45, 2.75) is 45.8 Å². The van der Waals surface area contributed by atoms with E-state index in [2.05, 4.69) is 38.0 Å². The summed E-state index contributed by atoms with van der Waals surface area (Å²) in [6, 6.07) is 0.500. The van der Waals surface area contributed by atoms with Crippen LogP contribution in [0, 0.1) is 5.92 Å². The zero-order valence-corrected chi connectivity index (χ0v) is 11.3. The third kappa shape index (κ3) is 4.40. The van der Waals surface area contributed by atoms with Crippen LogP contribution in [0.4, 0.5) is 0 Å². The molecule has 2 unspecified atom stereocenters. The molecule has 0 spiro atoms. The van der Waals surface area contributed by atoms with Gasteiger partial charge in [-0.2, -0.15) is 0 Å². The van der Waals surface area contributed by atoms with Crippen molar-refractivity contribution in [1.82, 2.24) is 10.2 Å². The van der Waals surface area contributed by atoms with Gasteiger partial charge in [0.15, 0.2) is 0 Å². The maximum Gasteiger partial charge on any atom is 0.0855 e. The molecule has 0 aromatic carbocycles. The summed E-state index contributed by atoms with van der Waals surface area (Å²) in [4.78, 5) is 2.53. The van der Waals surface area contributed by atoms with Crippen LogP contribution in [0.15, 0.2) is 0 Å². The minimum Gasteiger partial charge on any atom is -0.374 e. The van der Waals surface area contributed by atoms with Crippen molar-refractivity contribution in [3.63, 3.8) is 0 Å². The molecule has 1 aliphatic heterocycles. The van der Waals surface area contributed by atoms with E-state index in [4.69, 9.17) is 4.74 Å². The Balaban J connectivity index is 2.43. The first-order valence-electron chi connectivity index (χ1n) is 6.68. The summed E-state index contributed by atoms with van der Waals surface area (Å²) in [5, 5.41) is 3.41. The van der Waals surface area contributed by atoms with Crippen LogP contribution in [-0.2, 0) is 4.74 Å². The van der Waals surface area contributed by atoms with Crippen LogP contribution in [0.5, 0.6) is 0 Å². The number of ether oxygens (including phenoxy) is 1. The quantitative estimate of drug-likeness (QED) is 0.749. The van der Waals surface area contributed by atoms with Crippen LogP contribution in [-0.4, -0.2) is 50.3 Å². The van der Waals surface area contributed by atoms with Gasteiger partial charge in [0.2, 0.25) is 0 Å². The molecule has 0 radical (unpaired) electrons. The summed E-state index contributed by atoms with van der Waals surface area (Å²) in [6.45, 7) is 11.1. The molecule has 0 amide bonds. The molecule has 1 N–H and O–H groups in total. The van der Waals surface area contributed by atoms with E-state index in [1.54, 1.807) is 0 Å². The number of hydrogen-bond acceptors (Lipinski definition) is 3. The van der Waals surface area contributed by atoms with Gasteiger partial charge in [-0.05, 0) is 32.4 Å². The van der Waals surface area contributed by atoms with Crippen LogP contribution in [0.3, 0.4) is 0 Å². The summed E-state index contributed by atoms with van der Waals surface area (Å²) in [6.07, 6.45) is 2.80.